The number of halogens is 2. The number of hydrogen-bond donors (Lipinski definition) is 22. The van der Waals surface area contributed by atoms with Crippen molar-refractivity contribution in [2.75, 3.05) is 20.2 Å². The van der Waals surface area contributed by atoms with E-state index in [0.717, 1.165) is 66.7 Å². The van der Waals surface area contributed by atoms with E-state index in [-0.39, 0.29) is 43.0 Å². The lowest BCUT2D eigenvalue weighted by atomic mass is 9.86. The summed E-state index contributed by atoms with van der Waals surface area (Å²) in [5, 5.41) is 159. The number of benzene rings is 6. The zero-order valence-electron chi connectivity index (χ0n) is 67.8. The molecule has 11 bridgehead atoms. The first-order valence-electron chi connectivity index (χ1n) is 39.9. The molecule has 7 amide bonds. The van der Waals surface area contributed by atoms with E-state index in [0.29, 0.717) is 17.2 Å². The number of nitrogens with two attached hydrogens (primary N) is 2. The van der Waals surface area contributed by atoms with E-state index in [2.05, 4.69) is 47.5 Å². The number of pyridine rings is 1. The minimum absolute atomic E-state index is 0.131. The van der Waals surface area contributed by atoms with Crippen molar-refractivity contribution in [2.24, 2.45) is 17.4 Å². The number of primary amides is 1. The monoisotopic (exact) mass is 1790 g/mol. The molecular weight excluding hydrogens is 1700 g/mol. The van der Waals surface area contributed by atoms with E-state index in [9.17, 15) is 75.7 Å². The zero-order chi connectivity index (χ0) is 90.8. The molecule has 0 radical (unpaired) electrons. The highest BCUT2D eigenvalue weighted by molar-refractivity contribution is 6.32. The summed E-state index contributed by atoms with van der Waals surface area (Å²) < 4.78 is 57.1. The van der Waals surface area contributed by atoms with Crippen LogP contribution < -0.4 is 72.9 Å². The number of aromatic hydroxyl groups is 3. The lowest BCUT2D eigenvalue weighted by Gasteiger charge is -2.46. The highest BCUT2D eigenvalue weighted by atomic mass is 35.5. The molecule has 42 heteroatoms. The number of ether oxygens (including phenoxy) is 9. The van der Waals surface area contributed by atoms with Crippen molar-refractivity contribution < 1.29 is 142 Å². The SMILES string of the molecule is CN[C@H](CC(C)C)C(=O)NC1C(=O)N[C@@H](CC(N)=O)C(=O)N[C@H]2C(=O)N[C@H]3C(=O)N[C@H](C(=O)N[C@@H](C(=O)O)c4cc(O)cc(O)c4-c4cc3ccc4O)[C@H](O[C@H]3C[C@](C)(N)[C@@H](O)[C@H](C)O3)c3ccc(c(Cl)c3)Oc3cc2cc(c3O[C@@H]2O[C@H](CO)[C@@H](O[C@@H]3O[C@H](CNCc4cccc(Oc5ccccn5)c4)[C@H](O)[C@H](O)[C@H]3O)[C@H](O)[C@H]2O)Oc2ccc(cc2Cl)[C@H]1O. The smallest absolute Gasteiger partial charge is 0.330 e. The van der Waals surface area contributed by atoms with Crippen LogP contribution in [-0.4, -0.2) is 243 Å². The molecule has 7 aromatic rings. The fourth-order valence-corrected chi connectivity index (χ4v) is 16.1. The first kappa shape index (κ1) is 92.4. The molecule has 6 aromatic carbocycles. The van der Waals surface area contributed by atoms with Gasteiger partial charge in [-0.05, 0) is 134 Å². The van der Waals surface area contributed by atoms with Gasteiger partial charge in [0.15, 0.2) is 30.1 Å². The van der Waals surface area contributed by atoms with Crippen LogP contribution in [0.5, 0.6) is 57.6 Å². The van der Waals surface area contributed by atoms with Gasteiger partial charge in [-0.25, -0.2) is 9.78 Å². The number of carboxylic acid groups (broad SMARTS) is 1. The van der Waals surface area contributed by atoms with Crippen LogP contribution in [0.2, 0.25) is 10.0 Å². The number of aromatic nitrogens is 1. The molecule has 126 heavy (non-hydrogen) atoms. The average molecular weight is 1790 g/mol. The molecule has 3 fully saturated rings. The number of nitrogens with zero attached hydrogens (tertiary/aromatic N) is 1. The van der Waals surface area contributed by atoms with E-state index in [4.69, 9.17) is 77.3 Å². The number of aliphatic hydroxyl groups excluding tert-OH is 8. The third kappa shape index (κ3) is 20.4. The van der Waals surface area contributed by atoms with Crippen molar-refractivity contribution >= 4 is 70.5 Å². The molecule has 674 valence electrons. The second kappa shape index (κ2) is 38.9. The Morgan fingerprint density at radius 3 is 1.98 bits per heavy atom. The number of aliphatic hydroxyl groups is 8. The van der Waals surface area contributed by atoms with Gasteiger partial charge in [0.05, 0.1) is 41.3 Å². The summed E-state index contributed by atoms with van der Waals surface area (Å²) in [6, 6.07) is 11.0. The van der Waals surface area contributed by atoms with E-state index < -0.39 is 284 Å². The third-order valence-electron chi connectivity index (χ3n) is 22.1. The number of amides is 7. The summed E-state index contributed by atoms with van der Waals surface area (Å²) in [5.41, 5.74) is 8.67. The van der Waals surface area contributed by atoms with Crippen LogP contribution in [0.15, 0.2) is 128 Å². The van der Waals surface area contributed by atoms with E-state index >= 15 is 24.0 Å². The number of phenolic OH excluding ortho intramolecular Hbond substituents is 3. The molecule has 0 spiro atoms. The van der Waals surface area contributed by atoms with Crippen molar-refractivity contribution in [3.05, 3.63) is 171 Å². The normalized spacial score (nSPS) is 29.6. The summed E-state index contributed by atoms with van der Waals surface area (Å²) in [5.74, 6) is -15.9. The Morgan fingerprint density at radius 2 is 1.33 bits per heavy atom. The van der Waals surface area contributed by atoms with Crippen LogP contribution in [0.4, 0.5) is 0 Å². The van der Waals surface area contributed by atoms with Crippen LogP contribution in [0.25, 0.3) is 11.1 Å². The van der Waals surface area contributed by atoms with E-state index in [1.54, 1.807) is 62.5 Å². The van der Waals surface area contributed by atoms with E-state index in [1.807, 2.05) is 0 Å². The molecule has 9 heterocycles. The van der Waals surface area contributed by atoms with E-state index in [1.165, 1.54) is 33.0 Å². The van der Waals surface area contributed by atoms with Gasteiger partial charge in [-0.1, -0.05) is 73.4 Å². The number of carboxylic acids is 1. The van der Waals surface area contributed by atoms with Crippen LogP contribution in [0.3, 0.4) is 0 Å². The molecule has 23 atom stereocenters. The summed E-state index contributed by atoms with van der Waals surface area (Å²) in [6.07, 6.45) is -27.7. The summed E-state index contributed by atoms with van der Waals surface area (Å²) in [7, 11) is 1.46. The maximum absolute atomic E-state index is 16.4. The maximum atomic E-state index is 16.4. The molecule has 3 saturated heterocycles. The summed E-state index contributed by atoms with van der Waals surface area (Å²) in [6.45, 7) is 5.34. The topological polar surface area (TPSA) is 624 Å². The highest BCUT2D eigenvalue weighted by Gasteiger charge is 2.53. The lowest BCUT2D eigenvalue weighted by molar-refractivity contribution is -0.350. The van der Waals surface area contributed by atoms with Gasteiger partial charge in [0.25, 0.3) is 0 Å². The molecule has 1 aromatic heterocycles. The van der Waals surface area contributed by atoms with Crippen molar-refractivity contribution in [2.45, 2.75) is 193 Å². The molecule has 8 aliphatic rings. The molecule has 15 rings (SSSR count). The highest BCUT2D eigenvalue weighted by Crippen LogP contribution is 2.50. The molecule has 1 unspecified atom stereocenters. The predicted octanol–water partition coefficient (Wildman–Crippen LogP) is 0.915. The Kier molecular flexibility index (Phi) is 28.6. The summed E-state index contributed by atoms with van der Waals surface area (Å²) >= 11 is 14.5. The maximum Gasteiger partial charge on any atom is 0.330 e. The number of carbonyl (C=O) groups excluding carboxylic acids is 7. The van der Waals surface area contributed by atoms with Crippen molar-refractivity contribution in [3.63, 3.8) is 0 Å². The largest absolute Gasteiger partial charge is 0.508 e. The van der Waals surface area contributed by atoms with Gasteiger partial charge in [0.1, 0.15) is 126 Å². The fourth-order valence-electron chi connectivity index (χ4n) is 15.6. The Hall–Kier alpha value is -11.2. The predicted molar refractivity (Wildman–Crippen MR) is 437 cm³/mol. The molecular formula is C84H95Cl2N11O29. The molecule has 40 nitrogen and oxygen atoms in total. The number of rotatable bonds is 21. The van der Waals surface area contributed by atoms with Crippen molar-refractivity contribution in [1.29, 1.82) is 0 Å². The minimum atomic E-state index is -2.43. The second-order valence-electron chi connectivity index (χ2n) is 31.9. The van der Waals surface area contributed by atoms with Crippen molar-refractivity contribution in [3.8, 4) is 68.8 Å². The number of fused-ring (bicyclic) bond motifs is 15. The fraction of sp³-hybridized carbons (Fsp3) is 0.417. The number of carbonyl (C=O) groups is 8. The Balaban J connectivity index is 0.963. The van der Waals surface area contributed by atoms with Crippen LogP contribution in [0.1, 0.15) is 111 Å². The number of hydrogen-bond acceptors (Lipinski definition) is 32. The average Bonchev–Trinajstić information content (AvgIpc) is 0.758. The standard InChI is InChI=1S/C84H95Cl2N11O29/c1-33(2)19-46(89-5)75(110)96-63-65(103)37-13-16-50(44(85)22-37)120-52-24-39-25-53(72(52)125-83-70(108)68(106)73(55(32-98)123-83)126-82-69(107)67(105)66(104)54(122-82)31-90-30-35-9-8-10-41(20-35)119-57-11-6-7-18-91-57)121-51-17-14-38(23-45(51)86)71(124-58-29-84(4,88)74(109)34(3)118-58)64-80(115)95-62(81(116)117)43-26-40(99)27-49(101)59(43)42-21-36(12-15-48(42)100)60(77(112)97-64)94-78(113)61(39)93-76(111)47(28-56(87)102)92-79(63)114/h6-18,20-27,33-34,46-47,54-55,58,60-71,73-74,82-83,89-90,98-101,103-109H,19,28-32,88H2,1-5H3,(H2,87,102)(H,92,114)(H,93,111)(H,94,113)(H,95,115)(H,96,110)(H,97,112)(H,116,117)/t34-,46+,47-,54+,55+,58-,60+,61+,62+,63?,64-,65+,66-,67-,68+,69+,70+,71+,73+,74-,82-,83-,84-/m0/s1. The molecule has 24 N–H and O–H groups in total. The van der Waals surface area contributed by atoms with Gasteiger partial charge in [-0.2, -0.15) is 0 Å². The van der Waals surface area contributed by atoms with Gasteiger partial charge in [0.2, 0.25) is 59.3 Å². The minimum Gasteiger partial charge on any atom is -0.508 e. The zero-order valence-corrected chi connectivity index (χ0v) is 69.3. The molecule has 8 aliphatic heterocycles. The van der Waals surface area contributed by atoms with Crippen LogP contribution in [0, 0.1) is 5.92 Å². The molecule has 0 saturated carbocycles. The van der Waals surface area contributed by atoms with Crippen LogP contribution in [-0.2, 0) is 68.6 Å². The number of aliphatic carboxylic acids is 1. The third-order valence-corrected chi connectivity index (χ3v) is 22.7. The van der Waals surface area contributed by atoms with Gasteiger partial charge >= 0.3 is 5.97 Å². The Bertz CT molecular complexity index is 5240. The van der Waals surface area contributed by atoms with Gasteiger partial charge in [0, 0.05) is 60.1 Å². The van der Waals surface area contributed by atoms with Crippen molar-refractivity contribution in [1.82, 2.24) is 47.5 Å². The first-order valence-corrected chi connectivity index (χ1v) is 40.6. The second-order valence-corrected chi connectivity index (χ2v) is 32.7. The quantitative estimate of drug-likeness (QED) is 0.0475. The Labute approximate surface area is 727 Å². The number of likely N-dealkylation sites (N-methyl/N-ethyl adjacent to an activating group) is 1. The first-order chi connectivity index (χ1) is 59.9. The number of nitrogens with one attached hydrogen (secondary N) is 8. The Morgan fingerprint density at radius 1 is 0.667 bits per heavy atom. The lowest BCUT2D eigenvalue weighted by Crippen LogP contribution is -2.65. The molecule has 0 aliphatic carbocycles. The van der Waals surface area contributed by atoms with Crippen LogP contribution >= 0.6 is 23.2 Å². The van der Waals surface area contributed by atoms with Gasteiger partial charge < -0.3 is 158 Å². The van der Waals surface area contributed by atoms with Gasteiger partial charge in [-0.3, -0.25) is 33.6 Å². The van der Waals surface area contributed by atoms with Gasteiger partial charge in [-0.15, -0.1) is 0 Å². The summed E-state index contributed by atoms with van der Waals surface area (Å²) in [4.78, 5) is 124. The number of phenols is 3.